The first-order valence-electron chi connectivity index (χ1n) is 10.2. The van der Waals surface area contributed by atoms with Crippen LogP contribution in [0.15, 0.2) is 34.9 Å². The van der Waals surface area contributed by atoms with Crippen molar-refractivity contribution in [1.29, 1.82) is 0 Å². The first-order chi connectivity index (χ1) is 14.7. The van der Waals surface area contributed by atoms with E-state index in [1.165, 1.54) is 27.0 Å². The summed E-state index contributed by atoms with van der Waals surface area (Å²) in [4.78, 5) is 35.8. The Bertz CT molecular complexity index is 942. The van der Waals surface area contributed by atoms with Gasteiger partial charge in [0.1, 0.15) is 5.54 Å². The number of benzene rings is 1. The molecular formula is C22H27N3O6. The normalized spacial score (nSPS) is 18.8. The fourth-order valence-electron chi connectivity index (χ4n) is 3.65. The molecule has 0 aliphatic heterocycles. The van der Waals surface area contributed by atoms with Crippen LogP contribution in [0.1, 0.15) is 61.6 Å². The largest absolute Gasteiger partial charge is 0.480 e. The Balaban J connectivity index is 1.52. The lowest BCUT2D eigenvalue weighted by Crippen LogP contribution is -2.51. The van der Waals surface area contributed by atoms with Gasteiger partial charge in [-0.25, -0.2) is 4.79 Å². The molecule has 166 valence electrons. The Morgan fingerprint density at radius 2 is 1.77 bits per heavy atom. The minimum Gasteiger partial charge on any atom is -0.480 e. The number of aromatic nitrogens is 1. The number of carbonyl (C=O) groups is 3. The van der Waals surface area contributed by atoms with Gasteiger partial charge in [0, 0.05) is 11.6 Å². The molecule has 3 N–H and O–H groups in total. The van der Waals surface area contributed by atoms with Crippen molar-refractivity contribution in [2.24, 2.45) is 5.92 Å². The van der Waals surface area contributed by atoms with Crippen molar-refractivity contribution in [3.8, 4) is 5.88 Å². The third-order valence-corrected chi connectivity index (χ3v) is 5.63. The minimum absolute atomic E-state index is 0.0589. The molecule has 1 heterocycles. The number of amides is 2. The monoisotopic (exact) mass is 429 g/mol. The summed E-state index contributed by atoms with van der Waals surface area (Å²) in [6.07, 6.45) is 3.10. The fourth-order valence-corrected chi connectivity index (χ4v) is 3.65. The Morgan fingerprint density at radius 1 is 1.13 bits per heavy atom. The summed E-state index contributed by atoms with van der Waals surface area (Å²) in [5.41, 5.74) is 0.502. The van der Waals surface area contributed by atoms with Crippen LogP contribution in [0.2, 0.25) is 0 Å². The van der Waals surface area contributed by atoms with E-state index in [9.17, 15) is 19.5 Å². The van der Waals surface area contributed by atoms with Crippen LogP contribution in [0.3, 0.4) is 0 Å². The zero-order valence-electron chi connectivity index (χ0n) is 17.8. The summed E-state index contributed by atoms with van der Waals surface area (Å²) < 4.78 is 9.83. The van der Waals surface area contributed by atoms with Crippen LogP contribution < -0.4 is 15.4 Å². The molecule has 3 rings (SSSR count). The molecule has 2 amide bonds. The van der Waals surface area contributed by atoms with Crippen molar-refractivity contribution in [3.63, 3.8) is 0 Å². The second-order valence-electron chi connectivity index (χ2n) is 8.28. The minimum atomic E-state index is -1.27. The second-order valence-corrected chi connectivity index (χ2v) is 8.28. The molecule has 0 unspecified atom stereocenters. The Hall–Kier alpha value is -3.36. The van der Waals surface area contributed by atoms with Crippen LogP contribution in [0.5, 0.6) is 5.88 Å². The Labute approximate surface area is 180 Å². The number of carboxylic acids is 1. The summed E-state index contributed by atoms with van der Waals surface area (Å²) in [5.74, 6) is -1.23. The van der Waals surface area contributed by atoms with Crippen LogP contribution in [0.25, 0.3) is 0 Å². The third-order valence-electron chi connectivity index (χ3n) is 5.63. The quantitative estimate of drug-likeness (QED) is 0.616. The third kappa shape index (κ3) is 5.42. The topological polar surface area (TPSA) is 131 Å². The summed E-state index contributed by atoms with van der Waals surface area (Å²) in [5, 5.41) is 18.2. The number of rotatable bonds is 7. The molecule has 1 aromatic carbocycles. The average molecular weight is 429 g/mol. The van der Waals surface area contributed by atoms with Gasteiger partial charge in [-0.1, -0.05) is 12.1 Å². The van der Waals surface area contributed by atoms with Crippen molar-refractivity contribution in [3.05, 3.63) is 41.7 Å². The van der Waals surface area contributed by atoms with Gasteiger partial charge < -0.3 is 25.0 Å². The standard InChI is InChI=1S/C22H27N3O6/c1-22(2,21(28)29)24-19(26)15-6-4-13(5-7-15)14-8-10-16(11-9-14)23-20(27)17-12-18(30-3)25-31-17/h8-13,15H,4-7H2,1-3H3,(H,23,27)(H,24,26)(H,28,29)/t13-,15-. The van der Waals surface area contributed by atoms with Crippen molar-refractivity contribution in [2.75, 3.05) is 12.4 Å². The molecule has 1 aromatic heterocycles. The van der Waals surface area contributed by atoms with E-state index in [4.69, 9.17) is 9.26 Å². The maximum absolute atomic E-state index is 12.4. The van der Waals surface area contributed by atoms with Crippen LogP contribution in [-0.2, 0) is 9.59 Å². The lowest BCUT2D eigenvalue weighted by molar-refractivity contribution is -0.146. The number of methoxy groups -OCH3 is 1. The van der Waals surface area contributed by atoms with Crippen LogP contribution in [0, 0.1) is 5.92 Å². The second kappa shape index (κ2) is 9.20. The predicted octanol–water partition coefficient (Wildman–Crippen LogP) is 3.19. The van der Waals surface area contributed by atoms with Crippen molar-refractivity contribution in [2.45, 2.75) is 51.0 Å². The molecule has 0 radical (unpaired) electrons. The number of ether oxygens (including phenoxy) is 1. The van der Waals surface area contributed by atoms with E-state index in [1.807, 2.05) is 24.3 Å². The number of carboxylic acid groups (broad SMARTS) is 1. The van der Waals surface area contributed by atoms with Crippen molar-refractivity contribution < 1.29 is 28.8 Å². The summed E-state index contributed by atoms with van der Waals surface area (Å²) in [6.45, 7) is 2.97. The maximum atomic E-state index is 12.4. The molecule has 2 aromatic rings. The first kappa shape index (κ1) is 22.3. The molecule has 1 saturated carbocycles. The van der Waals surface area contributed by atoms with E-state index in [2.05, 4.69) is 15.8 Å². The van der Waals surface area contributed by atoms with Gasteiger partial charge in [0.2, 0.25) is 11.7 Å². The van der Waals surface area contributed by atoms with E-state index < -0.39 is 17.4 Å². The van der Waals surface area contributed by atoms with E-state index in [0.29, 0.717) is 24.4 Å². The molecule has 1 aliphatic carbocycles. The molecule has 9 nitrogen and oxygen atoms in total. The predicted molar refractivity (Wildman–Crippen MR) is 112 cm³/mol. The molecule has 0 saturated heterocycles. The average Bonchev–Trinajstić information content (AvgIpc) is 3.23. The number of nitrogens with one attached hydrogen (secondary N) is 2. The van der Waals surface area contributed by atoms with Gasteiger partial charge in [0.05, 0.1) is 13.2 Å². The SMILES string of the molecule is COc1cc(C(=O)Nc2ccc([C@H]3CC[C@H](C(=O)NC(C)(C)C(=O)O)CC3)cc2)on1. The molecule has 1 fully saturated rings. The Morgan fingerprint density at radius 3 is 2.32 bits per heavy atom. The van der Waals surface area contributed by atoms with Gasteiger partial charge in [-0.3, -0.25) is 9.59 Å². The van der Waals surface area contributed by atoms with Gasteiger partial charge >= 0.3 is 5.97 Å². The lowest BCUT2D eigenvalue weighted by Gasteiger charge is -2.30. The van der Waals surface area contributed by atoms with Crippen molar-refractivity contribution in [1.82, 2.24) is 10.5 Å². The van der Waals surface area contributed by atoms with Gasteiger partial charge in [0.15, 0.2) is 0 Å². The molecular weight excluding hydrogens is 402 g/mol. The van der Waals surface area contributed by atoms with Gasteiger partial charge in [-0.2, -0.15) is 0 Å². The summed E-state index contributed by atoms with van der Waals surface area (Å²) >= 11 is 0. The number of aliphatic carboxylic acids is 1. The number of anilines is 1. The maximum Gasteiger partial charge on any atom is 0.328 e. The van der Waals surface area contributed by atoms with E-state index in [-0.39, 0.29) is 23.5 Å². The molecule has 0 bridgehead atoms. The van der Waals surface area contributed by atoms with E-state index in [0.717, 1.165) is 18.4 Å². The first-order valence-corrected chi connectivity index (χ1v) is 10.2. The molecule has 0 spiro atoms. The number of carbonyl (C=O) groups excluding carboxylic acids is 2. The highest BCUT2D eigenvalue weighted by Crippen LogP contribution is 2.36. The van der Waals surface area contributed by atoms with E-state index in [1.54, 1.807) is 0 Å². The van der Waals surface area contributed by atoms with Crippen LogP contribution in [0.4, 0.5) is 5.69 Å². The Kier molecular flexibility index (Phi) is 6.62. The highest BCUT2D eigenvalue weighted by Gasteiger charge is 2.33. The molecule has 0 atom stereocenters. The lowest BCUT2D eigenvalue weighted by atomic mass is 9.78. The summed E-state index contributed by atoms with van der Waals surface area (Å²) in [7, 11) is 1.44. The van der Waals surface area contributed by atoms with Gasteiger partial charge in [-0.05, 0) is 68.3 Å². The zero-order chi connectivity index (χ0) is 22.6. The number of hydrogen-bond donors (Lipinski definition) is 3. The summed E-state index contributed by atoms with van der Waals surface area (Å²) in [6, 6.07) is 9.00. The highest BCUT2D eigenvalue weighted by molar-refractivity contribution is 6.02. The van der Waals surface area contributed by atoms with E-state index >= 15 is 0 Å². The molecule has 1 aliphatic rings. The number of hydrogen-bond acceptors (Lipinski definition) is 6. The smallest absolute Gasteiger partial charge is 0.328 e. The number of nitrogens with zero attached hydrogens (tertiary/aromatic N) is 1. The highest BCUT2D eigenvalue weighted by atomic mass is 16.5. The van der Waals surface area contributed by atoms with Crippen molar-refractivity contribution >= 4 is 23.5 Å². The van der Waals surface area contributed by atoms with Crippen LogP contribution in [-0.4, -0.2) is 40.7 Å². The molecule has 31 heavy (non-hydrogen) atoms. The molecule has 9 heteroatoms. The fraction of sp³-hybridized carbons (Fsp3) is 0.455. The zero-order valence-corrected chi connectivity index (χ0v) is 17.8. The van der Waals surface area contributed by atoms with Crippen LogP contribution >= 0.6 is 0 Å². The van der Waals surface area contributed by atoms with Gasteiger partial charge in [0.25, 0.3) is 11.8 Å². The van der Waals surface area contributed by atoms with Gasteiger partial charge in [-0.15, -0.1) is 0 Å².